The number of nitrogens with zero attached hydrogens (tertiary/aromatic N) is 8. The van der Waals surface area contributed by atoms with E-state index in [1.807, 2.05) is 43.3 Å². The zero-order valence-corrected chi connectivity index (χ0v) is 38.8. The summed E-state index contributed by atoms with van der Waals surface area (Å²) in [5.41, 5.74) is 7.93. The summed E-state index contributed by atoms with van der Waals surface area (Å²) in [7, 11) is 0. The van der Waals surface area contributed by atoms with Gasteiger partial charge in [-0.05, 0) is 111 Å². The Morgan fingerprint density at radius 2 is 1.57 bits per heavy atom. The van der Waals surface area contributed by atoms with Crippen LogP contribution in [0.5, 0.6) is 5.75 Å². The topological polar surface area (TPSA) is 119 Å². The Labute approximate surface area is 393 Å². The second-order valence-corrected chi connectivity index (χ2v) is 20.0. The number of β-amino-alcohol motifs (C(OH)–C–C–N with tert-alkyl or cyclic N) is 1. The number of aliphatic imine (C=N–C) groups is 1. The molecule has 67 heavy (non-hydrogen) atoms. The van der Waals surface area contributed by atoms with Crippen molar-refractivity contribution in [1.29, 1.82) is 0 Å². The summed E-state index contributed by atoms with van der Waals surface area (Å²) >= 11 is 1.73. The fraction of sp³-hybridized carbons (Fsp3) is 0.358. The molecule has 3 aliphatic heterocycles. The van der Waals surface area contributed by atoms with Gasteiger partial charge in [0, 0.05) is 84.7 Å². The second-order valence-electron chi connectivity index (χ2n) is 18.8. The Morgan fingerprint density at radius 3 is 2.28 bits per heavy atom. The van der Waals surface area contributed by atoms with Crippen molar-refractivity contribution in [1.82, 2.24) is 24.6 Å². The van der Waals surface area contributed by atoms with Crippen LogP contribution in [0.15, 0.2) is 107 Å². The van der Waals surface area contributed by atoms with Crippen LogP contribution in [0, 0.1) is 32.4 Å². The Morgan fingerprint density at radius 1 is 0.836 bits per heavy atom. The molecule has 4 aliphatic rings. The van der Waals surface area contributed by atoms with Crippen LogP contribution in [-0.2, 0) is 12.8 Å². The zero-order chi connectivity index (χ0) is 46.0. The van der Waals surface area contributed by atoms with Gasteiger partial charge in [0.05, 0.1) is 23.9 Å². The van der Waals surface area contributed by atoms with Crippen molar-refractivity contribution in [2.24, 2.45) is 4.99 Å². The third-order valence-corrected chi connectivity index (χ3v) is 15.9. The molecule has 344 valence electrons. The van der Waals surface area contributed by atoms with Gasteiger partial charge >= 0.3 is 0 Å². The van der Waals surface area contributed by atoms with Crippen LogP contribution in [0.25, 0.3) is 5.00 Å². The standard InChI is InChI=1S/C53H54F2N8O3S/c1-32-33(2)67-52-47(32)50(57-45(30-46-56-19-26-66-46)51-59-58-34(3)63(51)52)36-9-12-38(13-10-36)61-20-17-53(65,18-21-61)31-60-22-24-62(25-23-60)39-28-43(54)49(44(55)29-39)48-41(35-7-5-4-6-8-35)15-11-37-27-40(64)14-16-42(37)48/h4-10,12-14,16,19,26-29,41,45,48,64-65H,11,15,17-18,20-25,30-31H2,1-3H3/t41-,45+,48+/m1/s1. The number of piperazine rings is 1. The number of oxazole rings is 1. The van der Waals surface area contributed by atoms with Crippen LogP contribution < -0.4 is 9.80 Å². The molecule has 11 nitrogen and oxygen atoms in total. The first-order valence-electron chi connectivity index (χ1n) is 23.4. The third-order valence-electron chi connectivity index (χ3n) is 14.7. The summed E-state index contributed by atoms with van der Waals surface area (Å²) in [6.07, 6.45) is 6.40. The molecule has 4 aromatic carbocycles. The Bertz CT molecular complexity index is 2930. The van der Waals surface area contributed by atoms with E-state index in [0.717, 1.165) is 81.8 Å². The average molecular weight is 921 g/mol. The number of halogens is 2. The predicted molar refractivity (Wildman–Crippen MR) is 257 cm³/mol. The summed E-state index contributed by atoms with van der Waals surface area (Å²) in [4.78, 5) is 17.7. The fourth-order valence-electron chi connectivity index (χ4n) is 11.1. The molecule has 0 saturated carbocycles. The maximum Gasteiger partial charge on any atom is 0.196 e. The number of fused-ring (bicyclic) bond motifs is 4. The van der Waals surface area contributed by atoms with E-state index in [1.54, 1.807) is 35.9 Å². The molecule has 0 bridgehead atoms. The predicted octanol–water partition coefficient (Wildman–Crippen LogP) is 9.38. The number of aliphatic hydroxyl groups is 1. The second kappa shape index (κ2) is 17.5. The van der Waals surface area contributed by atoms with Gasteiger partial charge in [-0.15, -0.1) is 21.5 Å². The number of piperidine rings is 1. The minimum Gasteiger partial charge on any atom is -0.508 e. The summed E-state index contributed by atoms with van der Waals surface area (Å²) in [5, 5.41) is 32.3. The Kier molecular flexibility index (Phi) is 11.3. The fourth-order valence-corrected chi connectivity index (χ4v) is 12.3. The molecule has 0 spiro atoms. The van der Waals surface area contributed by atoms with Crippen molar-refractivity contribution in [2.75, 3.05) is 55.6 Å². The lowest BCUT2D eigenvalue weighted by atomic mass is 9.69. The van der Waals surface area contributed by atoms with E-state index in [1.165, 1.54) is 22.6 Å². The lowest BCUT2D eigenvalue weighted by Crippen LogP contribution is -2.55. The SMILES string of the molecule is Cc1sc2c(c1C)C(c1ccc(N3CCC(O)(CN4CCN(c5cc(F)c([C@@H]6c7ccc(O)cc7CC[C@@H]6c6ccccc6)c(F)c5)CC4)CC3)cc1)=N[C@@H](Cc1ncco1)c1nnc(C)n1-2. The number of aromatic hydroxyl groups is 1. The number of aryl methyl sites for hydroxylation is 3. The van der Waals surface area contributed by atoms with Gasteiger partial charge in [0.2, 0.25) is 0 Å². The molecule has 3 atom stereocenters. The van der Waals surface area contributed by atoms with Crippen molar-refractivity contribution in [3.05, 3.63) is 170 Å². The highest BCUT2D eigenvalue weighted by Gasteiger charge is 2.38. The minimum absolute atomic E-state index is 0.0821. The molecule has 2 saturated heterocycles. The number of thiophene rings is 1. The first-order valence-corrected chi connectivity index (χ1v) is 24.2. The zero-order valence-electron chi connectivity index (χ0n) is 38.0. The highest BCUT2D eigenvalue weighted by molar-refractivity contribution is 7.15. The first kappa shape index (κ1) is 43.4. The molecule has 2 N–H and O–H groups in total. The van der Waals surface area contributed by atoms with Crippen molar-refractivity contribution in [3.8, 4) is 10.8 Å². The van der Waals surface area contributed by atoms with E-state index < -0.39 is 23.2 Å². The molecule has 7 aromatic rings. The van der Waals surface area contributed by atoms with Gasteiger partial charge in [0.1, 0.15) is 40.5 Å². The number of phenolic OH excluding ortho intramolecular Hbond substituents is 1. The molecule has 14 heteroatoms. The monoisotopic (exact) mass is 920 g/mol. The van der Waals surface area contributed by atoms with Gasteiger partial charge in [0.25, 0.3) is 0 Å². The highest BCUT2D eigenvalue weighted by atomic mass is 32.1. The quantitative estimate of drug-likeness (QED) is 0.146. The van der Waals surface area contributed by atoms with E-state index in [0.29, 0.717) is 63.6 Å². The van der Waals surface area contributed by atoms with E-state index in [9.17, 15) is 10.2 Å². The highest BCUT2D eigenvalue weighted by Crippen LogP contribution is 2.49. The lowest BCUT2D eigenvalue weighted by molar-refractivity contribution is -0.0173. The van der Waals surface area contributed by atoms with E-state index in [4.69, 9.17) is 9.41 Å². The van der Waals surface area contributed by atoms with Crippen LogP contribution >= 0.6 is 11.3 Å². The molecule has 11 rings (SSSR count). The first-order chi connectivity index (χ1) is 32.5. The molecule has 2 fully saturated rings. The van der Waals surface area contributed by atoms with Crippen molar-refractivity contribution in [2.45, 2.75) is 76.4 Å². The molecule has 3 aromatic heterocycles. The number of hydrogen-bond donors (Lipinski definition) is 2. The normalized spacial score (nSPS) is 20.5. The number of hydrogen-bond acceptors (Lipinski definition) is 11. The van der Waals surface area contributed by atoms with Crippen LogP contribution in [-0.4, -0.2) is 92.0 Å². The summed E-state index contributed by atoms with van der Waals surface area (Å²) in [6, 6.07) is 26.4. The van der Waals surface area contributed by atoms with E-state index >= 15 is 8.78 Å². The molecule has 1 aliphatic carbocycles. The number of aromatic nitrogens is 4. The van der Waals surface area contributed by atoms with Gasteiger partial charge in [-0.3, -0.25) is 14.5 Å². The summed E-state index contributed by atoms with van der Waals surface area (Å²) in [6.45, 7) is 10.8. The summed E-state index contributed by atoms with van der Waals surface area (Å²) < 4.78 is 40.7. The minimum atomic E-state index is -0.837. The molecular weight excluding hydrogens is 867 g/mol. The number of phenols is 1. The summed E-state index contributed by atoms with van der Waals surface area (Å²) in [5.74, 6) is 0.620. The van der Waals surface area contributed by atoms with Crippen molar-refractivity contribution in [3.63, 3.8) is 0 Å². The van der Waals surface area contributed by atoms with Crippen LogP contribution in [0.3, 0.4) is 0 Å². The van der Waals surface area contributed by atoms with E-state index in [-0.39, 0.29) is 23.3 Å². The molecule has 0 unspecified atom stereocenters. The van der Waals surface area contributed by atoms with Crippen LogP contribution in [0.4, 0.5) is 20.2 Å². The van der Waals surface area contributed by atoms with Gasteiger partial charge in [0.15, 0.2) is 11.7 Å². The smallest absolute Gasteiger partial charge is 0.196 e. The maximum atomic E-state index is 16.4. The lowest BCUT2D eigenvalue weighted by Gasteiger charge is -2.44. The van der Waals surface area contributed by atoms with Gasteiger partial charge in [-0.25, -0.2) is 13.8 Å². The number of rotatable bonds is 9. The Balaban J connectivity index is 0.746. The maximum absolute atomic E-state index is 16.4. The number of anilines is 2. The van der Waals surface area contributed by atoms with Crippen molar-refractivity contribution >= 4 is 28.4 Å². The van der Waals surface area contributed by atoms with Crippen LogP contribution in [0.2, 0.25) is 0 Å². The molecule has 0 amide bonds. The van der Waals surface area contributed by atoms with Gasteiger partial charge in [-0.2, -0.15) is 0 Å². The van der Waals surface area contributed by atoms with E-state index in [2.05, 4.69) is 72.6 Å². The Hall–Kier alpha value is -6.22. The van der Waals surface area contributed by atoms with Gasteiger partial charge < -0.3 is 24.4 Å². The largest absolute Gasteiger partial charge is 0.508 e. The third kappa shape index (κ3) is 8.12. The average Bonchev–Trinajstić information content (AvgIpc) is 4.04. The molecular formula is C53H54F2N8O3S. The van der Waals surface area contributed by atoms with Crippen LogP contribution in [0.1, 0.15) is 98.5 Å². The molecule has 6 heterocycles. The number of benzene rings is 4. The molecule has 0 radical (unpaired) electrons. The van der Waals surface area contributed by atoms with Gasteiger partial charge in [-0.1, -0.05) is 48.5 Å². The van der Waals surface area contributed by atoms with Crippen molar-refractivity contribution < 1.29 is 23.4 Å².